The van der Waals surface area contributed by atoms with Crippen molar-refractivity contribution in [3.8, 4) is 11.5 Å². The molecule has 0 radical (unpaired) electrons. The summed E-state index contributed by atoms with van der Waals surface area (Å²) in [5.74, 6) is 1.45. The molecular formula is C19H18BrN3O3. The third-order valence-electron chi connectivity index (χ3n) is 3.66. The lowest BCUT2D eigenvalue weighted by atomic mass is 10.2. The monoisotopic (exact) mass is 415 g/mol. The molecule has 1 N–H and O–H groups in total. The molecule has 1 amide bonds. The molecule has 2 aromatic carbocycles. The minimum Gasteiger partial charge on any atom is -0.493 e. The smallest absolute Gasteiger partial charge is 0.263 e. The van der Waals surface area contributed by atoms with Crippen LogP contribution in [0.2, 0.25) is 0 Å². The van der Waals surface area contributed by atoms with Crippen LogP contribution in [0.25, 0.3) is 0 Å². The van der Waals surface area contributed by atoms with Crippen molar-refractivity contribution >= 4 is 27.7 Å². The van der Waals surface area contributed by atoms with Gasteiger partial charge < -0.3 is 14.8 Å². The molecule has 0 bridgehead atoms. The standard InChI is InChI=1S/C19H18BrN3O3/c1-25-16-4-2-3-5-17(16)26-13-19(24)22-18-10-11-21-23(18)12-14-6-8-15(20)9-7-14/h2-11H,12-13H2,1H3,(H,22,24). The van der Waals surface area contributed by atoms with Crippen LogP contribution in [0.5, 0.6) is 11.5 Å². The summed E-state index contributed by atoms with van der Waals surface area (Å²) in [5.41, 5.74) is 1.08. The van der Waals surface area contributed by atoms with Gasteiger partial charge in [-0.25, -0.2) is 4.68 Å². The molecule has 7 heteroatoms. The normalized spacial score (nSPS) is 10.4. The topological polar surface area (TPSA) is 65.4 Å². The molecule has 134 valence electrons. The van der Waals surface area contributed by atoms with Gasteiger partial charge in [0, 0.05) is 10.5 Å². The maximum atomic E-state index is 12.2. The molecule has 0 fully saturated rings. The zero-order valence-corrected chi connectivity index (χ0v) is 15.8. The zero-order valence-electron chi connectivity index (χ0n) is 14.2. The van der Waals surface area contributed by atoms with E-state index < -0.39 is 0 Å². The Morgan fingerprint density at radius 1 is 1.12 bits per heavy atom. The average Bonchev–Trinajstić information content (AvgIpc) is 3.08. The van der Waals surface area contributed by atoms with E-state index in [4.69, 9.17) is 9.47 Å². The first-order valence-corrected chi connectivity index (χ1v) is 8.77. The zero-order chi connectivity index (χ0) is 18.4. The van der Waals surface area contributed by atoms with Gasteiger partial charge in [0.1, 0.15) is 5.82 Å². The fourth-order valence-corrected chi connectivity index (χ4v) is 2.65. The summed E-state index contributed by atoms with van der Waals surface area (Å²) in [5, 5.41) is 7.08. The Bertz CT molecular complexity index is 878. The molecule has 0 atom stereocenters. The number of hydrogen-bond donors (Lipinski definition) is 1. The highest BCUT2D eigenvalue weighted by molar-refractivity contribution is 9.10. The molecule has 1 aromatic heterocycles. The lowest BCUT2D eigenvalue weighted by Gasteiger charge is -2.11. The van der Waals surface area contributed by atoms with Crippen molar-refractivity contribution in [3.05, 3.63) is 70.8 Å². The van der Waals surface area contributed by atoms with E-state index in [9.17, 15) is 4.79 Å². The molecule has 0 unspecified atom stereocenters. The maximum absolute atomic E-state index is 12.2. The first-order chi connectivity index (χ1) is 12.7. The second kappa shape index (κ2) is 8.53. The number of benzene rings is 2. The van der Waals surface area contributed by atoms with Crippen LogP contribution in [0.1, 0.15) is 5.56 Å². The molecule has 0 aliphatic carbocycles. The second-order valence-electron chi connectivity index (χ2n) is 5.49. The molecule has 0 aliphatic rings. The van der Waals surface area contributed by atoms with E-state index in [1.165, 1.54) is 0 Å². The average molecular weight is 416 g/mol. The van der Waals surface area contributed by atoms with Gasteiger partial charge >= 0.3 is 0 Å². The van der Waals surface area contributed by atoms with Gasteiger partial charge in [-0.2, -0.15) is 5.10 Å². The van der Waals surface area contributed by atoms with Gasteiger partial charge in [0.15, 0.2) is 18.1 Å². The van der Waals surface area contributed by atoms with Crippen molar-refractivity contribution in [2.75, 3.05) is 19.0 Å². The number of methoxy groups -OCH3 is 1. The van der Waals surface area contributed by atoms with Gasteiger partial charge in [-0.15, -0.1) is 0 Å². The predicted octanol–water partition coefficient (Wildman–Crippen LogP) is 3.72. The van der Waals surface area contributed by atoms with Crippen LogP contribution < -0.4 is 14.8 Å². The molecule has 3 rings (SSSR count). The highest BCUT2D eigenvalue weighted by Gasteiger charge is 2.10. The molecule has 0 aliphatic heterocycles. The van der Waals surface area contributed by atoms with Gasteiger partial charge in [-0.05, 0) is 29.8 Å². The number of nitrogens with one attached hydrogen (secondary N) is 1. The Morgan fingerprint density at radius 2 is 1.85 bits per heavy atom. The Labute approximate surface area is 159 Å². The summed E-state index contributed by atoms with van der Waals surface area (Å²) in [4.78, 5) is 12.2. The first kappa shape index (κ1) is 18.0. The summed E-state index contributed by atoms with van der Waals surface area (Å²) in [6.07, 6.45) is 1.65. The van der Waals surface area contributed by atoms with Gasteiger partial charge in [0.25, 0.3) is 5.91 Å². The number of rotatable bonds is 7. The Morgan fingerprint density at radius 3 is 2.58 bits per heavy atom. The molecule has 6 nitrogen and oxygen atoms in total. The van der Waals surface area contributed by atoms with E-state index in [1.807, 2.05) is 36.4 Å². The number of nitrogens with zero attached hydrogens (tertiary/aromatic N) is 2. The number of halogens is 1. The van der Waals surface area contributed by atoms with Crippen molar-refractivity contribution in [3.63, 3.8) is 0 Å². The van der Waals surface area contributed by atoms with Crippen LogP contribution in [0.4, 0.5) is 5.82 Å². The number of aromatic nitrogens is 2. The lowest BCUT2D eigenvalue weighted by molar-refractivity contribution is -0.118. The lowest BCUT2D eigenvalue weighted by Crippen LogP contribution is -2.22. The van der Waals surface area contributed by atoms with Crippen LogP contribution in [-0.2, 0) is 11.3 Å². The summed E-state index contributed by atoms with van der Waals surface area (Å²) in [7, 11) is 1.56. The number of para-hydroxylation sites is 2. The van der Waals surface area contributed by atoms with Crippen LogP contribution in [0.3, 0.4) is 0 Å². The van der Waals surface area contributed by atoms with Gasteiger partial charge in [-0.3, -0.25) is 4.79 Å². The predicted molar refractivity (Wildman–Crippen MR) is 103 cm³/mol. The maximum Gasteiger partial charge on any atom is 0.263 e. The number of carbonyl (C=O) groups excluding carboxylic acids is 1. The molecule has 0 saturated heterocycles. The van der Waals surface area contributed by atoms with Crippen molar-refractivity contribution in [1.82, 2.24) is 9.78 Å². The molecule has 0 spiro atoms. The van der Waals surface area contributed by atoms with E-state index in [0.29, 0.717) is 23.9 Å². The third kappa shape index (κ3) is 4.64. The third-order valence-corrected chi connectivity index (χ3v) is 4.19. The van der Waals surface area contributed by atoms with Crippen LogP contribution in [0, 0.1) is 0 Å². The fourth-order valence-electron chi connectivity index (χ4n) is 2.39. The number of anilines is 1. The molecule has 0 saturated carbocycles. The van der Waals surface area contributed by atoms with Crippen LogP contribution >= 0.6 is 15.9 Å². The van der Waals surface area contributed by atoms with Crippen molar-refractivity contribution in [2.45, 2.75) is 6.54 Å². The summed E-state index contributed by atoms with van der Waals surface area (Å²) in [6.45, 7) is 0.438. The fraction of sp³-hybridized carbons (Fsp3) is 0.158. The summed E-state index contributed by atoms with van der Waals surface area (Å²) >= 11 is 3.42. The summed E-state index contributed by atoms with van der Waals surface area (Å²) in [6, 6.07) is 16.9. The van der Waals surface area contributed by atoms with E-state index in [1.54, 1.807) is 36.2 Å². The van der Waals surface area contributed by atoms with E-state index in [2.05, 4.69) is 26.3 Å². The van der Waals surface area contributed by atoms with Gasteiger partial charge in [0.2, 0.25) is 0 Å². The molecular weight excluding hydrogens is 398 g/mol. The largest absolute Gasteiger partial charge is 0.493 e. The Hall–Kier alpha value is -2.80. The molecule has 3 aromatic rings. The Balaban J connectivity index is 1.60. The van der Waals surface area contributed by atoms with Crippen LogP contribution in [-0.4, -0.2) is 29.4 Å². The van der Waals surface area contributed by atoms with E-state index >= 15 is 0 Å². The van der Waals surface area contributed by atoms with Gasteiger partial charge in [-0.1, -0.05) is 40.2 Å². The van der Waals surface area contributed by atoms with E-state index in [-0.39, 0.29) is 12.5 Å². The molecule has 1 heterocycles. The number of ether oxygens (including phenoxy) is 2. The summed E-state index contributed by atoms with van der Waals surface area (Å²) < 4.78 is 13.5. The van der Waals surface area contributed by atoms with Crippen molar-refractivity contribution in [1.29, 1.82) is 0 Å². The Kier molecular flexibility index (Phi) is 5.91. The quantitative estimate of drug-likeness (QED) is 0.638. The molecule has 26 heavy (non-hydrogen) atoms. The van der Waals surface area contributed by atoms with Crippen molar-refractivity contribution < 1.29 is 14.3 Å². The van der Waals surface area contributed by atoms with E-state index in [0.717, 1.165) is 10.0 Å². The first-order valence-electron chi connectivity index (χ1n) is 7.97. The highest BCUT2D eigenvalue weighted by Crippen LogP contribution is 2.25. The minimum atomic E-state index is -0.270. The minimum absolute atomic E-state index is 0.121. The number of hydrogen-bond acceptors (Lipinski definition) is 4. The number of amides is 1. The number of carbonyl (C=O) groups is 1. The van der Waals surface area contributed by atoms with Gasteiger partial charge in [0.05, 0.1) is 19.9 Å². The highest BCUT2D eigenvalue weighted by atomic mass is 79.9. The van der Waals surface area contributed by atoms with Crippen molar-refractivity contribution in [2.24, 2.45) is 0 Å². The second-order valence-corrected chi connectivity index (χ2v) is 6.40. The SMILES string of the molecule is COc1ccccc1OCC(=O)Nc1ccnn1Cc1ccc(Br)cc1. The van der Waals surface area contributed by atoms with Crippen LogP contribution in [0.15, 0.2) is 65.3 Å².